The Bertz CT molecular complexity index is 768. The van der Waals surface area contributed by atoms with E-state index >= 15 is 0 Å². The van der Waals surface area contributed by atoms with Crippen LogP contribution < -0.4 is 10.6 Å². The smallest absolute Gasteiger partial charge is 0.337 e. The second kappa shape index (κ2) is 7.21. The molecule has 1 saturated heterocycles. The number of esters is 1. The Morgan fingerprint density at radius 1 is 1.04 bits per heavy atom. The van der Waals surface area contributed by atoms with Crippen molar-refractivity contribution in [1.29, 1.82) is 0 Å². The van der Waals surface area contributed by atoms with Crippen molar-refractivity contribution >= 4 is 23.4 Å². The van der Waals surface area contributed by atoms with Crippen molar-refractivity contribution < 1.29 is 14.3 Å². The van der Waals surface area contributed by atoms with E-state index in [1.807, 2.05) is 6.07 Å². The van der Waals surface area contributed by atoms with E-state index in [-0.39, 0.29) is 5.91 Å². The third-order valence-electron chi connectivity index (χ3n) is 4.24. The third kappa shape index (κ3) is 3.55. The molecule has 3 rings (SSSR count). The SMILES string of the molecule is COC(=O)c1ccc(C(=O)N2CCN(c3ncccc3N)CC2)cc1. The lowest BCUT2D eigenvalue weighted by Gasteiger charge is -2.35. The lowest BCUT2D eigenvalue weighted by Crippen LogP contribution is -2.49. The largest absolute Gasteiger partial charge is 0.465 e. The van der Waals surface area contributed by atoms with Crippen LogP contribution in [0, 0.1) is 0 Å². The number of carbonyl (C=O) groups excluding carboxylic acids is 2. The molecular formula is C18H20N4O3. The quantitative estimate of drug-likeness (QED) is 0.850. The standard InChI is InChI=1S/C18H20N4O3/c1-25-18(24)14-6-4-13(5-7-14)17(23)22-11-9-21(10-12-22)16-15(19)3-2-8-20-16/h2-8H,9-12,19H2,1H3. The average molecular weight is 340 g/mol. The summed E-state index contributed by atoms with van der Waals surface area (Å²) < 4.78 is 4.66. The molecule has 25 heavy (non-hydrogen) atoms. The molecule has 7 heteroatoms. The van der Waals surface area contributed by atoms with Gasteiger partial charge in [0.1, 0.15) is 0 Å². The van der Waals surface area contributed by atoms with Crippen LogP contribution in [0.15, 0.2) is 42.6 Å². The number of benzene rings is 1. The first-order valence-corrected chi connectivity index (χ1v) is 8.03. The van der Waals surface area contributed by atoms with Crippen LogP contribution in [0.4, 0.5) is 11.5 Å². The highest BCUT2D eigenvalue weighted by Gasteiger charge is 2.23. The summed E-state index contributed by atoms with van der Waals surface area (Å²) in [5.41, 5.74) is 7.58. The number of anilines is 2. The molecule has 7 nitrogen and oxygen atoms in total. The van der Waals surface area contributed by atoms with Crippen LogP contribution in [0.25, 0.3) is 0 Å². The minimum atomic E-state index is -0.416. The minimum absolute atomic E-state index is 0.0509. The maximum Gasteiger partial charge on any atom is 0.337 e. The van der Waals surface area contributed by atoms with Crippen molar-refractivity contribution in [2.75, 3.05) is 43.9 Å². The van der Waals surface area contributed by atoms with Crippen LogP contribution in [0.1, 0.15) is 20.7 Å². The predicted molar refractivity (Wildman–Crippen MR) is 94.5 cm³/mol. The van der Waals surface area contributed by atoms with Gasteiger partial charge in [-0.2, -0.15) is 0 Å². The fourth-order valence-corrected chi connectivity index (χ4v) is 2.84. The number of rotatable bonds is 3. The fraction of sp³-hybridized carbons (Fsp3) is 0.278. The molecule has 1 amide bonds. The Kier molecular flexibility index (Phi) is 4.83. The van der Waals surface area contributed by atoms with Crippen molar-refractivity contribution in [2.45, 2.75) is 0 Å². The molecule has 0 saturated carbocycles. The summed E-state index contributed by atoms with van der Waals surface area (Å²) in [7, 11) is 1.33. The number of carbonyl (C=O) groups is 2. The van der Waals surface area contributed by atoms with Crippen LogP contribution in [-0.2, 0) is 4.74 Å². The molecule has 0 atom stereocenters. The summed E-state index contributed by atoms with van der Waals surface area (Å²) in [5.74, 6) is 0.294. The van der Waals surface area contributed by atoms with Gasteiger partial charge in [0, 0.05) is 37.9 Å². The van der Waals surface area contributed by atoms with E-state index in [9.17, 15) is 9.59 Å². The van der Waals surface area contributed by atoms with Crippen molar-refractivity contribution in [3.63, 3.8) is 0 Å². The highest BCUT2D eigenvalue weighted by molar-refractivity contribution is 5.96. The number of hydrogen-bond donors (Lipinski definition) is 1. The van der Waals surface area contributed by atoms with E-state index in [1.165, 1.54) is 7.11 Å². The van der Waals surface area contributed by atoms with Gasteiger partial charge < -0.3 is 20.3 Å². The second-order valence-electron chi connectivity index (χ2n) is 5.76. The maximum atomic E-state index is 12.6. The average Bonchev–Trinajstić information content (AvgIpc) is 2.67. The van der Waals surface area contributed by atoms with Crippen molar-refractivity contribution in [2.24, 2.45) is 0 Å². The number of nitrogens with two attached hydrogens (primary N) is 1. The van der Waals surface area contributed by atoms with E-state index in [0.717, 1.165) is 5.82 Å². The van der Waals surface area contributed by atoms with Gasteiger partial charge >= 0.3 is 5.97 Å². The van der Waals surface area contributed by atoms with Crippen LogP contribution in [0.2, 0.25) is 0 Å². The minimum Gasteiger partial charge on any atom is -0.465 e. The van der Waals surface area contributed by atoms with E-state index in [2.05, 4.69) is 14.6 Å². The van der Waals surface area contributed by atoms with E-state index in [1.54, 1.807) is 41.4 Å². The zero-order valence-electron chi connectivity index (χ0n) is 14.0. The molecule has 0 aliphatic carbocycles. The van der Waals surface area contributed by atoms with Gasteiger partial charge in [-0.15, -0.1) is 0 Å². The molecule has 2 N–H and O–H groups in total. The second-order valence-corrected chi connectivity index (χ2v) is 5.76. The Morgan fingerprint density at radius 3 is 2.28 bits per heavy atom. The van der Waals surface area contributed by atoms with Gasteiger partial charge in [-0.05, 0) is 36.4 Å². The predicted octanol–water partition coefficient (Wildman–Crippen LogP) is 1.41. The number of aromatic nitrogens is 1. The van der Waals surface area contributed by atoms with Crippen molar-refractivity contribution in [3.05, 3.63) is 53.7 Å². The van der Waals surface area contributed by atoms with E-state index < -0.39 is 5.97 Å². The zero-order chi connectivity index (χ0) is 17.8. The Morgan fingerprint density at radius 2 is 1.68 bits per heavy atom. The van der Waals surface area contributed by atoms with E-state index in [4.69, 9.17) is 5.73 Å². The van der Waals surface area contributed by atoms with Gasteiger partial charge in [0.05, 0.1) is 18.4 Å². The number of nitrogens with zero attached hydrogens (tertiary/aromatic N) is 3. The van der Waals surface area contributed by atoms with Gasteiger partial charge in [0.2, 0.25) is 0 Å². The summed E-state index contributed by atoms with van der Waals surface area (Å²) in [5, 5.41) is 0. The zero-order valence-corrected chi connectivity index (χ0v) is 14.0. The molecule has 1 aliphatic heterocycles. The highest BCUT2D eigenvalue weighted by atomic mass is 16.5. The monoisotopic (exact) mass is 340 g/mol. The third-order valence-corrected chi connectivity index (χ3v) is 4.24. The number of amides is 1. The summed E-state index contributed by atoms with van der Waals surface area (Å²) in [6.45, 7) is 2.53. The molecule has 1 fully saturated rings. The molecule has 2 heterocycles. The van der Waals surface area contributed by atoms with Crippen molar-refractivity contribution in [3.8, 4) is 0 Å². The number of hydrogen-bond acceptors (Lipinski definition) is 6. The Labute approximate surface area is 146 Å². The first-order chi connectivity index (χ1) is 12.1. The maximum absolute atomic E-state index is 12.6. The van der Waals surface area contributed by atoms with Gasteiger partial charge in [-0.1, -0.05) is 0 Å². The molecule has 0 spiro atoms. The molecule has 130 valence electrons. The first kappa shape index (κ1) is 16.8. The van der Waals surface area contributed by atoms with Crippen molar-refractivity contribution in [1.82, 2.24) is 9.88 Å². The normalized spacial score (nSPS) is 14.3. The molecule has 1 aliphatic rings. The van der Waals surface area contributed by atoms with Crippen LogP contribution in [0.5, 0.6) is 0 Å². The first-order valence-electron chi connectivity index (χ1n) is 8.03. The summed E-state index contributed by atoms with van der Waals surface area (Å²) in [6.07, 6.45) is 1.71. The number of nitrogen functional groups attached to an aromatic ring is 1. The topological polar surface area (TPSA) is 88.8 Å². The van der Waals surface area contributed by atoms with Crippen LogP contribution >= 0.6 is 0 Å². The summed E-state index contributed by atoms with van der Waals surface area (Å²) >= 11 is 0. The summed E-state index contributed by atoms with van der Waals surface area (Å²) in [6, 6.07) is 10.1. The van der Waals surface area contributed by atoms with Gasteiger partial charge in [0.25, 0.3) is 5.91 Å². The van der Waals surface area contributed by atoms with E-state index in [0.29, 0.717) is 43.0 Å². The van der Waals surface area contributed by atoms with Gasteiger partial charge in [0.15, 0.2) is 5.82 Å². The number of piperazine rings is 1. The van der Waals surface area contributed by atoms with Gasteiger partial charge in [-0.3, -0.25) is 4.79 Å². The molecule has 0 unspecified atom stereocenters. The number of pyridine rings is 1. The number of ether oxygens (including phenoxy) is 1. The molecule has 1 aromatic carbocycles. The highest BCUT2D eigenvalue weighted by Crippen LogP contribution is 2.21. The lowest BCUT2D eigenvalue weighted by atomic mass is 10.1. The Balaban J connectivity index is 1.63. The molecule has 1 aromatic heterocycles. The molecule has 0 radical (unpaired) electrons. The van der Waals surface area contributed by atoms with Gasteiger partial charge in [-0.25, -0.2) is 9.78 Å². The molecule has 2 aromatic rings. The van der Waals surface area contributed by atoms with Crippen LogP contribution in [0.3, 0.4) is 0 Å². The summed E-state index contributed by atoms with van der Waals surface area (Å²) in [4.78, 5) is 32.3. The molecule has 0 bridgehead atoms. The molecular weight excluding hydrogens is 320 g/mol. The van der Waals surface area contributed by atoms with Crippen LogP contribution in [-0.4, -0.2) is 55.0 Å². The lowest BCUT2D eigenvalue weighted by molar-refractivity contribution is 0.0599. The fourth-order valence-electron chi connectivity index (χ4n) is 2.84. The number of methoxy groups -OCH3 is 1. The Hall–Kier alpha value is -3.09.